The number of urea groups is 1. The largest absolute Gasteiger partial charge is 0.497 e. The van der Waals surface area contributed by atoms with Crippen molar-refractivity contribution in [1.29, 1.82) is 0 Å². The summed E-state index contributed by atoms with van der Waals surface area (Å²) in [5, 5.41) is 3.00. The summed E-state index contributed by atoms with van der Waals surface area (Å²) in [6, 6.07) is 11.7. The van der Waals surface area contributed by atoms with E-state index in [1.54, 1.807) is 13.3 Å². The number of halogens is 1. The molecule has 27 heavy (non-hydrogen) atoms. The Bertz CT molecular complexity index is 746. The van der Waals surface area contributed by atoms with Crippen molar-refractivity contribution < 1.29 is 14.3 Å². The maximum atomic E-state index is 12.3. The minimum absolute atomic E-state index is 0.0130. The van der Waals surface area contributed by atoms with Crippen LogP contribution in [-0.2, 0) is 6.42 Å². The molecule has 0 radical (unpaired) electrons. The van der Waals surface area contributed by atoms with Crippen LogP contribution in [0.15, 0.2) is 47.1 Å². The Hall–Kier alpha value is -2.28. The number of amides is 2. The highest BCUT2D eigenvalue weighted by Crippen LogP contribution is 2.24. The Labute approximate surface area is 168 Å². The zero-order chi connectivity index (χ0) is 19.1. The van der Waals surface area contributed by atoms with E-state index in [2.05, 4.69) is 26.2 Å². The summed E-state index contributed by atoms with van der Waals surface area (Å²) < 4.78 is 11.9. The van der Waals surface area contributed by atoms with E-state index in [1.807, 2.05) is 41.3 Å². The molecule has 2 heterocycles. The number of rotatable bonds is 6. The van der Waals surface area contributed by atoms with Gasteiger partial charge in [-0.2, -0.15) is 0 Å². The lowest BCUT2D eigenvalue weighted by Crippen LogP contribution is -2.46. The van der Waals surface area contributed by atoms with Gasteiger partial charge in [0.25, 0.3) is 0 Å². The molecule has 7 heteroatoms. The first-order valence-electron chi connectivity index (χ1n) is 9.08. The molecule has 0 bridgehead atoms. The van der Waals surface area contributed by atoms with Gasteiger partial charge in [-0.15, -0.1) is 0 Å². The molecule has 1 aromatic carbocycles. The van der Waals surface area contributed by atoms with Gasteiger partial charge in [0.2, 0.25) is 5.88 Å². The van der Waals surface area contributed by atoms with Crippen LogP contribution in [0.2, 0.25) is 0 Å². The second-order valence-corrected chi connectivity index (χ2v) is 7.28. The molecule has 1 N–H and O–H groups in total. The van der Waals surface area contributed by atoms with E-state index < -0.39 is 0 Å². The Morgan fingerprint density at radius 2 is 2.00 bits per heavy atom. The molecule has 1 fully saturated rings. The predicted molar refractivity (Wildman–Crippen MR) is 107 cm³/mol. The van der Waals surface area contributed by atoms with E-state index in [1.165, 1.54) is 5.56 Å². The van der Waals surface area contributed by atoms with Crippen molar-refractivity contribution in [3.05, 3.63) is 52.6 Å². The topological polar surface area (TPSA) is 63.7 Å². The van der Waals surface area contributed by atoms with E-state index in [4.69, 9.17) is 9.47 Å². The number of methoxy groups -OCH3 is 1. The van der Waals surface area contributed by atoms with Crippen LogP contribution in [0.3, 0.4) is 0 Å². The van der Waals surface area contributed by atoms with Crippen LogP contribution in [0.1, 0.15) is 18.4 Å². The minimum Gasteiger partial charge on any atom is -0.497 e. The summed E-state index contributed by atoms with van der Waals surface area (Å²) in [5.41, 5.74) is 1.17. The smallest absolute Gasteiger partial charge is 0.317 e. The number of nitrogens with zero attached hydrogens (tertiary/aromatic N) is 2. The number of nitrogens with one attached hydrogen (secondary N) is 1. The van der Waals surface area contributed by atoms with E-state index in [0.29, 0.717) is 25.5 Å². The molecule has 0 unspecified atom stereocenters. The van der Waals surface area contributed by atoms with Crippen molar-refractivity contribution in [3.63, 3.8) is 0 Å². The van der Waals surface area contributed by atoms with Gasteiger partial charge in [-0.3, -0.25) is 0 Å². The summed E-state index contributed by atoms with van der Waals surface area (Å²) in [7, 11) is 1.65. The van der Waals surface area contributed by atoms with E-state index in [-0.39, 0.29) is 12.1 Å². The molecule has 144 valence electrons. The SMILES string of the molecule is COc1ccc(CCNC(=O)N2CCC(Oc3ncccc3Br)CC2)cc1. The first-order valence-corrected chi connectivity index (χ1v) is 9.88. The van der Waals surface area contributed by atoms with Gasteiger partial charge in [0.15, 0.2) is 0 Å². The van der Waals surface area contributed by atoms with Crippen LogP contribution >= 0.6 is 15.9 Å². The van der Waals surface area contributed by atoms with Gasteiger partial charge in [0, 0.05) is 38.7 Å². The fraction of sp³-hybridized carbons (Fsp3) is 0.400. The highest BCUT2D eigenvalue weighted by atomic mass is 79.9. The van der Waals surface area contributed by atoms with Crippen molar-refractivity contribution in [2.24, 2.45) is 0 Å². The molecule has 0 spiro atoms. The lowest BCUT2D eigenvalue weighted by atomic mass is 10.1. The summed E-state index contributed by atoms with van der Waals surface area (Å²) in [5.74, 6) is 1.45. The molecular weight excluding hydrogens is 410 g/mol. The number of likely N-dealkylation sites (tertiary alicyclic amines) is 1. The number of hydrogen-bond acceptors (Lipinski definition) is 4. The quantitative estimate of drug-likeness (QED) is 0.754. The third-order valence-electron chi connectivity index (χ3n) is 4.58. The number of benzene rings is 1. The van der Waals surface area contributed by atoms with E-state index in [9.17, 15) is 4.79 Å². The molecular formula is C20H24BrN3O3. The van der Waals surface area contributed by atoms with Crippen LogP contribution in [-0.4, -0.2) is 48.8 Å². The summed E-state index contributed by atoms with van der Waals surface area (Å²) >= 11 is 3.44. The second-order valence-electron chi connectivity index (χ2n) is 6.42. The molecule has 3 rings (SSSR count). The Kier molecular flexibility index (Phi) is 6.92. The normalized spacial score (nSPS) is 14.7. The Balaban J connectivity index is 1.38. The van der Waals surface area contributed by atoms with Gasteiger partial charge in [-0.25, -0.2) is 9.78 Å². The molecule has 1 saturated heterocycles. The third-order valence-corrected chi connectivity index (χ3v) is 5.18. The van der Waals surface area contributed by atoms with Gasteiger partial charge in [0.05, 0.1) is 11.6 Å². The number of aromatic nitrogens is 1. The maximum Gasteiger partial charge on any atom is 0.317 e. The minimum atomic E-state index is -0.0130. The molecule has 0 atom stereocenters. The van der Waals surface area contributed by atoms with Crippen LogP contribution in [0, 0.1) is 0 Å². The highest BCUT2D eigenvalue weighted by Gasteiger charge is 2.24. The molecule has 1 aliphatic heterocycles. The number of pyridine rings is 1. The van der Waals surface area contributed by atoms with Gasteiger partial charge in [-0.05, 0) is 52.2 Å². The summed E-state index contributed by atoms with van der Waals surface area (Å²) in [4.78, 5) is 18.4. The lowest BCUT2D eigenvalue weighted by Gasteiger charge is -2.32. The number of carbonyl (C=O) groups excluding carboxylic acids is 1. The molecule has 2 aromatic rings. The van der Waals surface area contributed by atoms with Crippen molar-refractivity contribution in [3.8, 4) is 11.6 Å². The van der Waals surface area contributed by atoms with Crippen LogP contribution in [0.4, 0.5) is 4.79 Å². The molecule has 1 aliphatic rings. The Morgan fingerprint density at radius 3 is 2.67 bits per heavy atom. The van der Waals surface area contributed by atoms with Gasteiger partial charge in [0.1, 0.15) is 11.9 Å². The van der Waals surface area contributed by atoms with Crippen LogP contribution in [0.5, 0.6) is 11.6 Å². The van der Waals surface area contributed by atoms with Gasteiger partial charge in [-0.1, -0.05) is 12.1 Å². The fourth-order valence-electron chi connectivity index (χ4n) is 3.01. The Morgan fingerprint density at radius 1 is 1.26 bits per heavy atom. The number of hydrogen-bond donors (Lipinski definition) is 1. The number of ether oxygens (including phenoxy) is 2. The number of piperidine rings is 1. The monoisotopic (exact) mass is 433 g/mol. The highest BCUT2D eigenvalue weighted by molar-refractivity contribution is 9.10. The number of carbonyl (C=O) groups is 1. The van der Waals surface area contributed by atoms with Crippen molar-refractivity contribution in [1.82, 2.24) is 15.2 Å². The first-order chi connectivity index (χ1) is 13.2. The average Bonchev–Trinajstić information content (AvgIpc) is 2.71. The van der Waals surface area contributed by atoms with Gasteiger partial charge >= 0.3 is 6.03 Å². The van der Waals surface area contributed by atoms with Gasteiger partial charge < -0.3 is 19.7 Å². The van der Waals surface area contributed by atoms with Crippen molar-refractivity contribution in [2.75, 3.05) is 26.7 Å². The molecule has 0 saturated carbocycles. The van der Waals surface area contributed by atoms with Crippen molar-refractivity contribution in [2.45, 2.75) is 25.4 Å². The third kappa shape index (κ3) is 5.60. The van der Waals surface area contributed by atoms with E-state index >= 15 is 0 Å². The molecule has 2 amide bonds. The summed E-state index contributed by atoms with van der Waals surface area (Å²) in [6.45, 7) is 1.98. The summed E-state index contributed by atoms with van der Waals surface area (Å²) in [6.07, 6.45) is 4.19. The van der Waals surface area contributed by atoms with Crippen LogP contribution in [0.25, 0.3) is 0 Å². The standard InChI is InChI=1S/C20H24BrN3O3/c1-26-16-6-4-15(5-7-16)8-12-23-20(25)24-13-9-17(10-14-24)27-19-18(21)3-2-11-22-19/h2-7,11,17H,8-10,12-14H2,1H3,(H,23,25). The maximum absolute atomic E-state index is 12.3. The van der Waals surface area contributed by atoms with E-state index in [0.717, 1.165) is 29.5 Å². The second kappa shape index (κ2) is 9.60. The zero-order valence-corrected chi connectivity index (χ0v) is 16.9. The first kappa shape index (κ1) is 19.5. The van der Waals surface area contributed by atoms with Crippen molar-refractivity contribution >= 4 is 22.0 Å². The zero-order valence-electron chi connectivity index (χ0n) is 15.4. The van der Waals surface area contributed by atoms with Crippen LogP contribution < -0.4 is 14.8 Å². The fourth-order valence-corrected chi connectivity index (χ4v) is 3.36. The predicted octanol–water partition coefficient (Wildman–Crippen LogP) is 3.65. The average molecular weight is 434 g/mol. The molecule has 1 aromatic heterocycles. The lowest BCUT2D eigenvalue weighted by molar-refractivity contribution is 0.107. The molecule has 0 aliphatic carbocycles. The molecule has 6 nitrogen and oxygen atoms in total.